The van der Waals surface area contributed by atoms with E-state index in [9.17, 15) is 4.79 Å². The van der Waals surface area contributed by atoms with Gasteiger partial charge in [-0.3, -0.25) is 4.79 Å². The van der Waals surface area contributed by atoms with Crippen LogP contribution in [0.25, 0.3) is 0 Å². The molecule has 2 nitrogen and oxygen atoms in total. The van der Waals surface area contributed by atoms with E-state index in [2.05, 4.69) is 34.6 Å². The van der Waals surface area contributed by atoms with E-state index in [1.54, 1.807) is 6.92 Å². The Morgan fingerprint density at radius 2 is 1.65 bits per heavy atom. The third kappa shape index (κ3) is 4.61. The summed E-state index contributed by atoms with van der Waals surface area (Å²) in [4.78, 5) is 11.4. The monoisotopic (exact) mass is 430 g/mol. The van der Waals surface area contributed by atoms with Gasteiger partial charge in [-0.05, 0) is 116 Å². The van der Waals surface area contributed by atoms with Gasteiger partial charge in [0.1, 0.15) is 6.10 Å². The van der Waals surface area contributed by atoms with E-state index in [0.717, 1.165) is 66.1 Å². The zero-order valence-electron chi connectivity index (χ0n) is 21.4. The highest BCUT2D eigenvalue weighted by Crippen LogP contribution is 2.65. The molecule has 0 aromatic carbocycles. The third-order valence-electron chi connectivity index (χ3n) is 11.2. The highest BCUT2D eigenvalue weighted by molar-refractivity contribution is 5.66. The third-order valence-corrected chi connectivity index (χ3v) is 11.2. The SMILES string of the molecule is CC(=O)O[C@H]1CC[C@H]2[C@@H](CC[C@@H]3[C@H]2CC[C@@]2(C)[C@@H]3CC[C@@H]2[C@H](C)CC[C@@H](C)C(C)C)C1. The lowest BCUT2D eigenvalue weighted by atomic mass is 9.49. The molecule has 0 unspecified atom stereocenters. The van der Waals surface area contributed by atoms with E-state index in [4.69, 9.17) is 4.74 Å². The zero-order chi connectivity index (χ0) is 22.3. The van der Waals surface area contributed by atoms with Crippen LogP contribution in [-0.2, 0) is 9.53 Å². The number of carbonyl (C=O) groups excluding carboxylic acids is 1. The number of esters is 1. The van der Waals surface area contributed by atoms with Crippen molar-refractivity contribution in [1.82, 2.24) is 0 Å². The number of ether oxygens (including phenoxy) is 1. The molecule has 4 saturated carbocycles. The molecule has 0 amide bonds. The van der Waals surface area contributed by atoms with Gasteiger partial charge >= 0.3 is 5.97 Å². The number of fused-ring (bicyclic) bond motifs is 5. The maximum absolute atomic E-state index is 11.4. The van der Waals surface area contributed by atoms with Crippen molar-refractivity contribution in [2.24, 2.45) is 58.7 Å². The zero-order valence-corrected chi connectivity index (χ0v) is 21.4. The normalized spacial score (nSPS) is 44.2. The van der Waals surface area contributed by atoms with Crippen LogP contribution in [0, 0.1) is 58.7 Å². The van der Waals surface area contributed by atoms with Gasteiger partial charge in [0.2, 0.25) is 0 Å². The van der Waals surface area contributed by atoms with Gasteiger partial charge in [-0.15, -0.1) is 0 Å². The first-order valence-corrected chi connectivity index (χ1v) is 13.9. The Bertz CT molecular complexity index is 626. The quantitative estimate of drug-likeness (QED) is 0.400. The summed E-state index contributed by atoms with van der Waals surface area (Å²) in [5.74, 6) is 8.10. The molecule has 0 N–H and O–H groups in total. The van der Waals surface area contributed by atoms with E-state index in [0.29, 0.717) is 5.41 Å². The van der Waals surface area contributed by atoms with E-state index in [1.165, 1.54) is 57.8 Å². The van der Waals surface area contributed by atoms with Crippen LogP contribution in [0.4, 0.5) is 0 Å². The standard InChI is InChI=1S/C29H50O2/c1-18(2)19(3)7-8-20(4)27-13-14-28-26-11-9-22-17-23(31-21(5)30)10-12-24(22)25(26)15-16-29(27,28)6/h18-20,22-28H,7-17H2,1-6H3/t19-,20-,22+,23+,24+,25+,26-,27-,28-,29-/m1/s1. The molecule has 0 radical (unpaired) electrons. The maximum atomic E-state index is 11.4. The van der Waals surface area contributed by atoms with Crippen molar-refractivity contribution < 1.29 is 9.53 Å². The lowest BCUT2D eigenvalue weighted by Gasteiger charge is -2.56. The van der Waals surface area contributed by atoms with E-state index < -0.39 is 0 Å². The minimum Gasteiger partial charge on any atom is -0.463 e. The predicted molar refractivity (Wildman–Crippen MR) is 129 cm³/mol. The molecular formula is C29H50O2. The van der Waals surface area contributed by atoms with Crippen molar-refractivity contribution in [3.05, 3.63) is 0 Å². The molecule has 0 spiro atoms. The van der Waals surface area contributed by atoms with Crippen LogP contribution in [0.5, 0.6) is 0 Å². The summed E-state index contributed by atoms with van der Waals surface area (Å²) >= 11 is 0. The average Bonchev–Trinajstić information content (AvgIpc) is 3.08. The van der Waals surface area contributed by atoms with Gasteiger partial charge in [-0.2, -0.15) is 0 Å². The topological polar surface area (TPSA) is 26.3 Å². The maximum Gasteiger partial charge on any atom is 0.302 e. The first-order chi connectivity index (χ1) is 14.7. The highest BCUT2D eigenvalue weighted by Gasteiger charge is 2.57. The van der Waals surface area contributed by atoms with Crippen LogP contribution in [0.1, 0.15) is 112 Å². The fourth-order valence-corrected chi connectivity index (χ4v) is 9.19. The first-order valence-electron chi connectivity index (χ1n) is 13.9. The molecule has 4 aliphatic carbocycles. The van der Waals surface area contributed by atoms with Crippen molar-refractivity contribution in [3.8, 4) is 0 Å². The minimum absolute atomic E-state index is 0.0838. The average molecular weight is 431 g/mol. The number of rotatable bonds is 6. The summed E-state index contributed by atoms with van der Waals surface area (Å²) in [6.45, 7) is 14.1. The molecule has 0 aromatic heterocycles. The van der Waals surface area contributed by atoms with Crippen LogP contribution in [0.15, 0.2) is 0 Å². The summed E-state index contributed by atoms with van der Waals surface area (Å²) in [5, 5.41) is 0. The van der Waals surface area contributed by atoms with Crippen molar-refractivity contribution in [1.29, 1.82) is 0 Å². The Balaban J connectivity index is 1.39. The Morgan fingerprint density at radius 3 is 2.35 bits per heavy atom. The molecule has 10 atom stereocenters. The molecule has 4 rings (SSSR count). The Morgan fingerprint density at radius 1 is 0.903 bits per heavy atom. The molecule has 0 saturated heterocycles. The highest BCUT2D eigenvalue weighted by atomic mass is 16.5. The first kappa shape index (κ1) is 23.6. The van der Waals surface area contributed by atoms with Gasteiger partial charge in [0.15, 0.2) is 0 Å². The molecule has 0 aliphatic heterocycles. The van der Waals surface area contributed by atoms with Gasteiger partial charge in [-0.1, -0.05) is 47.5 Å². The Hall–Kier alpha value is -0.530. The van der Waals surface area contributed by atoms with E-state index in [1.807, 2.05) is 0 Å². The summed E-state index contributed by atoms with van der Waals surface area (Å²) in [6.07, 6.45) is 15.4. The van der Waals surface area contributed by atoms with Crippen LogP contribution < -0.4 is 0 Å². The predicted octanol–water partition coefficient (Wildman–Crippen LogP) is 7.90. The second-order valence-corrected chi connectivity index (χ2v) is 13.0. The van der Waals surface area contributed by atoms with Crippen LogP contribution in [-0.4, -0.2) is 12.1 Å². The van der Waals surface area contributed by atoms with Crippen molar-refractivity contribution in [2.75, 3.05) is 0 Å². The van der Waals surface area contributed by atoms with Gasteiger partial charge in [-0.25, -0.2) is 0 Å². The van der Waals surface area contributed by atoms with Gasteiger partial charge in [0, 0.05) is 6.92 Å². The van der Waals surface area contributed by atoms with Crippen molar-refractivity contribution >= 4 is 5.97 Å². The number of hydrogen-bond acceptors (Lipinski definition) is 2. The molecule has 0 bridgehead atoms. The lowest BCUT2D eigenvalue weighted by Crippen LogP contribution is -2.49. The summed E-state index contributed by atoms with van der Waals surface area (Å²) in [6, 6.07) is 0. The van der Waals surface area contributed by atoms with E-state index in [-0.39, 0.29) is 12.1 Å². The molecule has 2 heteroatoms. The second-order valence-electron chi connectivity index (χ2n) is 13.0. The van der Waals surface area contributed by atoms with Gasteiger partial charge < -0.3 is 4.74 Å². The molecule has 0 aromatic rings. The van der Waals surface area contributed by atoms with Gasteiger partial charge in [0.25, 0.3) is 0 Å². The summed E-state index contributed by atoms with van der Waals surface area (Å²) < 4.78 is 5.62. The molecular weight excluding hydrogens is 380 g/mol. The van der Waals surface area contributed by atoms with Crippen LogP contribution in [0.2, 0.25) is 0 Å². The molecule has 31 heavy (non-hydrogen) atoms. The summed E-state index contributed by atoms with van der Waals surface area (Å²) in [5.41, 5.74) is 0.601. The Labute approximate surface area is 192 Å². The minimum atomic E-state index is -0.0838. The molecule has 4 fully saturated rings. The number of carbonyl (C=O) groups is 1. The Kier molecular flexibility index (Phi) is 7.15. The van der Waals surface area contributed by atoms with Crippen molar-refractivity contribution in [3.63, 3.8) is 0 Å². The molecule has 178 valence electrons. The van der Waals surface area contributed by atoms with Crippen LogP contribution >= 0.6 is 0 Å². The fraction of sp³-hybridized carbons (Fsp3) is 0.966. The largest absolute Gasteiger partial charge is 0.463 e. The number of hydrogen-bond donors (Lipinski definition) is 0. The smallest absolute Gasteiger partial charge is 0.302 e. The summed E-state index contributed by atoms with van der Waals surface area (Å²) in [7, 11) is 0. The van der Waals surface area contributed by atoms with Crippen molar-refractivity contribution in [2.45, 2.75) is 118 Å². The van der Waals surface area contributed by atoms with Gasteiger partial charge in [0.05, 0.1) is 0 Å². The van der Waals surface area contributed by atoms with Crippen LogP contribution in [0.3, 0.4) is 0 Å². The molecule has 0 heterocycles. The lowest BCUT2D eigenvalue weighted by molar-refractivity contribution is -0.152. The fourth-order valence-electron chi connectivity index (χ4n) is 9.19. The second kappa shape index (κ2) is 9.38. The van der Waals surface area contributed by atoms with E-state index >= 15 is 0 Å². The molecule has 4 aliphatic rings.